The highest BCUT2D eigenvalue weighted by atomic mass is 16.8. The standard InChI is InChI=1S/C18H16N2O7/c1-9-12-6-7-13(9)15-14(12)16(21)19(17(15)22)27-18(23)26-8-10-2-4-11(5-3-10)20(24)25/h2-7,9,12-15H,8H2,1H3/t9?,12?,13?,14-,15+. The van der Waals surface area contributed by atoms with Crippen LogP contribution in [0, 0.1) is 39.7 Å². The van der Waals surface area contributed by atoms with E-state index >= 15 is 0 Å². The topological polar surface area (TPSA) is 116 Å². The fraction of sp³-hybridized carbons (Fsp3) is 0.389. The minimum absolute atomic E-state index is 0.0128. The van der Waals surface area contributed by atoms with E-state index in [1.807, 2.05) is 19.1 Å². The molecule has 3 unspecified atom stereocenters. The van der Waals surface area contributed by atoms with Gasteiger partial charge in [0.25, 0.3) is 17.5 Å². The van der Waals surface area contributed by atoms with Gasteiger partial charge in [0, 0.05) is 12.1 Å². The average Bonchev–Trinajstić information content (AvgIpc) is 3.24. The largest absolute Gasteiger partial charge is 0.534 e. The molecule has 2 amide bonds. The van der Waals surface area contributed by atoms with E-state index in [4.69, 9.17) is 9.57 Å². The maximum absolute atomic E-state index is 12.5. The van der Waals surface area contributed by atoms with Crippen molar-refractivity contribution < 1.29 is 28.9 Å². The lowest BCUT2D eigenvalue weighted by molar-refractivity contribution is -0.384. The van der Waals surface area contributed by atoms with Gasteiger partial charge in [0.05, 0.1) is 16.8 Å². The molecule has 9 nitrogen and oxygen atoms in total. The summed E-state index contributed by atoms with van der Waals surface area (Å²) >= 11 is 0. The summed E-state index contributed by atoms with van der Waals surface area (Å²) in [5.41, 5.74) is 0.420. The number of rotatable bonds is 4. The van der Waals surface area contributed by atoms with Crippen LogP contribution in [0.1, 0.15) is 12.5 Å². The van der Waals surface area contributed by atoms with Crippen LogP contribution < -0.4 is 0 Å². The molecule has 2 fully saturated rings. The van der Waals surface area contributed by atoms with Crippen LogP contribution >= 0.6 is 0 Å². The fourth-order valence-electron chi connectivity index (χ4n) is 4.30. The van der Waals surface area contributed by atoms with Gasteiger partial charge >= 0.3 is 6.16 Å². The third-order valence-corrected chi connectivity index (χ3v) is 5.63. The Morgan fingerprint density at radius 1 is 1.11 bits per heavy atom. The third-order valence-electron chi connectivity index (χ3n) is 5.63. The Labute approximate surface area is 153 Å². The average molecular weight is 372 g/mol. The summed E-state index contributed by atoms with van der Waals surface area (Å²) < 4.78 is 4.91. The summed E-state index contributed by atoms with van der Waals surface area (Å²) in [6.07, 6.45) is 2.74. The van der Waals surface area contributed by atoms with E-state index in [0.29, 0.717) is 10.6 Å². The van der Waals surface area contributed by atoms with Crippen molar-refractivity contribution >= 4 is 23.7 Å². The molecule has 1 aliphatic heterocycles. The van der Waals surface area contributed by atoms with Crippen LogP contribution in [-0.4, -0.2) is 28.0 Å². The number of benzene rings is 1. The van der Waals surface area contributed by atoms with Crippen LogP contribution in [0.5, 0.6) is 0 Å². The number of fused-ring (bicyclic) bond motifs is 5. The number of carbonyl (C=O) groups excluding carboxylic acids is 3. The van der Waals surface area contributed by atoms with Crippen LogP contribution in [0.2, 0.25) is 0 Å². The number of nitro benzene ring substituents is 1. The first-order chi connectivity index (χ1) is 12.9. The first-order valence-corrected chi connectivity index (χ1v) is 8.52. The van der Waals surface area contributed by atoms with Crippen molar-refractivity contribution in [3.8, 4) is 0 Å². The number of ether oxygens (including phenoxy) is 1. The molecule has 1 saturated carbocycles. The van der Waals surface area contributed by atoms with Gasteiger partial charge in [0.15, 0.2) is 0 Å². The Kier molecular flexibility index (Phi) is 3.94. The minimum Gasteiger partial charge on any atom is -0.428 e. The van der Waals surface area contributed by atoms with Crippen LogP contribution in [-0.2, 0) is 25.8 Å². The van der Waals surface area contributed by atoms with E-state index in [0.717, 1.165) is 0 Å². The molecule has 2 bridgehead atoms. The van der Waals surface area contributed by atoms with Gasteiger partial charge in [-0.3, -0.25) is 24.5 Å². The van der Waals surface area contributed by atoms with Gasteiger partial charge < -0.3 is 4.74 Å². The van der Waals surface area contributed by atoms with Gasteiger partial charge in [-0.1, -0.05) is 24.1 Å². The first-order valence-electron chi connectivity index (χ1n) is 8.52. The molecular weight excluding hydrogens is 356 g/mol. The van der Waals surface area contributed by atoms with Gasteiger partial charge in [-0.25, -0.2) is 4.79 Å². The number of nitrogens with zero attached hydrogens (tertiary/aromatic N) is 2. The number of nitro groups is 1. The highest BCUT2D eigenvalue weighted by Crippen LogP contribution is 2.55. The zero-order valence-electron chi connectivity index (χ0n) is 14.3. The first kappa shape index (κ1) is 17.2. The second-order valence-electron chi connectivity index (χ2n) is 6.97. The molecule has 1 heterocycles. The lowest BCUT2D eigenvalue weighted by atomic mass is 9.85. The summed E-state index contributed by atoms with van der Waals surface area (Å²) in [7, 11) is 0. The summed E-state index contributed by atoms with van der Waals surface area (Å²) in [5, 5.41) is 11.1. The molecule has 3 aliphatic rings. The molecule has 0 radical (unpaired) electrons. The van der Waals surface area contributed by atoms with Gasteiger partial charge in [0.2, 0.25) is 0 Å². The Hall–Kier alpha value is -3.23. The highest BCUT2D eigenvalue weighted by Gasteiger charge is 2.63. The summed E-state index contributed by atoms with van der Waals surface area (Å²) in [6.45, 7) is 1.81. The van der Waals surface area contributed by atoms with Gasteiger partial charge in [-0.05, 0) is 35.4 Å². The number of hydroxylamine groups is 2. The second kappa shape index (κ2) is 6.19. The SMILES string of the molecule is CC1C2C=CC1[C@@H]1C(=O)N(OC(=O)OCc3ccc([N+](=O)[O-])cc3)C(=O)[C@H]21. The number of carbonyl (C=O) groups is 3. The van der Waals surface area contributed by atoms with E-state index in [1.54, 1.807) is 0 Å². The molecule has 0 N–H and O–H groups in total. The monoisotopic (exact) mass is 372 g/mol. The predicted octanol–water partition coefficient (Wildman–Crippen LogP) is 2.22. The number of allylic oxidation sites excluding steroid dienone is 2. The van der Waals surface area contributed by atoms with Crippen LogP contribution in [0.3, 0.4) is 0 Å². The maximum atomic E-state index is 12.5. The van der Waals surface area contributed by atoms with Crippen LogP contribution in [0.25, 0.3) is 0 Å². The van der Waals surface area contributed by atoms with Crippen molar-refractivity contribution in [2.24, 2.45) is 29.6 Å². The molecule has 140 valence electrons. The van der Waals surface area contributed by atoms with Crippen molar-refractivity contribution in [2.75, 3.05) is 0 Å². The molecule has 4 rings (SSSR count). The molecular formula is C18H16N2O7. The summed E-state index contributed by atoms with van der Waals surface area (Å²) in [5.74, 6) is -1.79. The van der Waals surface area contributed by atoms with Crippen molar-refractivity contribution in [3.63, 3.8) is 0 Å². The quantitative estimate of drug-likeness (QED) is 0.261. The number of amides is 2. The van der Waals surface area contributed by atoms with E-state index < -0.39 is 34.7 Å². The van der Waals surface area contributed by atoms with Crippen molar-refractivity contribution in [1.29, 1.82) is 0 Å². The zero-order chi connectivity index (χ0) is 19.3. The van der Waals surface area contributed by atoms with Gasteiger partial charge in [0.1, 0.15) is 6.61 Å². The molecule has 1 aromatic carbocycles. The van der Waals surface area contributed by atoms with Crippen LogP contribution in [0.4, 0.5) is 10.5 Å². The molecule has 27 heavy (non-hydrogen) atoms. The van der Waals surface area contributed by atoms with Crippen molar-refractivity contribution in [2.45, 2.75) is 13.5 Å². The number of non-ortho nitro benzene ring substituents is 1. The van der Waals surface area contributed by atoms with Gasteiger partial charge in [-0.2, -0.15) is 0 Å². The molecule has 0 spiro atoms. The van der Waals surface area contributed by atoms with Gasteiger partial charge in [-0.15, -0.1) is 0 Å². The molecule has 2 aliphatic carbocycles. The minimum atomic E-state index is -1.18. The fourth-order valence-corrected chi connectivity index (χ4v) is 4.30. The van der Waals surface area contributed by atoms with E-state index in [2.05, 4.69) is 0 Å². The number of hydrogen-bond acceptors (Lipinski definition) is 7. The third kappa shape index (κ3) is 2.66. The Morgan fingerprint density at radius 2 is 1.67 bits per heavy atom. The molecule has 5 atom stereocenters. The molecule has 9 heteroatoms. The van der Waals surface area contributed by atoms with Crippen LogP contribution in [0.15, 0.2) is 36.4 Å². The smallest absolute Gasteiger partial charge is 0.428 e. The summed E-state index contributed by atoms with van der Waals surface area (Å²) in [6, 6.07) is 5.44. The van der Waals surface area contributed by atoms with Crippen molar-refractivity contribution in [1.82, 2.24) is 5.06 Å². The van der Waals surface area contributed by atoms with Crippen molar-refractivity contribution in [3.05, 3.63) is 52.1 Å². The Bertz CT molecular complexity index is 831. The molecule has 0 aromatic heterocycles. The van der Waals surface area contributed by atoms with E-state index in [1.165, 1.54) is 24.3 Å². The number of hydrogen-bond donors (Lipinski definition) is 0. The molecule has 1 aromatic rings. The number of imide groups is 1. The summed E-state index contributed by atoms with van der Waals surface area (Å²) in [4.78, 5) is 51.9. The van der Waals surface area contributed by atoms with E-state index in [9.17, 15) is 24.5 Å². The maximum Gasteiger partial charge on any atom is 0.534 e. The Morgan fingerprint density at radius 3 is 2.19 bits per heavy atom. The lowest BCUT2D eigenvalue weighted by Gasteiger charge is -2.18. The zero-order valence-corrected chi connectivity index (χ0v) is 14.3. The van der Waals surface area contributed by atoms with E-state index in [-0.39, 0.29) is 30.0 Å². The molecule has 1 saturated heterocycles. The lowest BCUT2D eigenvalue weighted by Crippen LogP contribution is -2.36. The Balaban J connectivity index is 1.36. The predicted molar refractivity (Wildman–Crippen MR) is 88.5 cm³/mol. The highest BCUT2D eigenvalue weighted by molar-refractivity contribution is 6.06. The second-order valence-corrected chi connectivity index (χ2v) is 6.97. The normalized spacial score (nSPS) is 30.6.